The zero-order valence-corrected chi connectivity index (χ0v) is 14.9. The number of carbonyl (C=O) groups is 1. The minimum Gasteiger partial charge on any atom is -0.428 e. The van der Waals surface area contributed by atoms with Crippen molar-refractivity contribution in [1.82, 2.24) is 4.98 Å². The molecule has 2 aromatic carbocycles. The topological polar surface area (TPSA) is 103 Å². The van der Waals surface area contributed by atoms with E-state index in [1.807, 2.05) is 0 Å². The fourth-order valence-electron chi connectivity index (χ4n) is 2.12. The second kappa shape index (κ2) is 7.30. The van der Waals surface area contributed by atoms with Crippen LogP contribution in [0.4, 0.5) is 4.39 Å². The SMILES string of the molecule is NC(=O)CSc1oc(-c2ccccc2)nc1S(=O)(=O)c1ccc(F)cc1. The van der Waals surface area contributed by atoms with Gasteiger partial charge in [0.05, 0.1) is 10.6 Å². The molecule has 0 spiro atoms. The molecule has 1 heterocycles. The molecule has 0 unspecified atom stereocenters. The van der Waals surface area contributed by atoms with Crippen molar-refractivity contribution in [3.8, 4) is 11.5 Å². The summed E-state index contributed by atoms with van der Waals surface area (Å²) >= 11 is 0.838. The predicted octanol–water partition coefficient (Wildman–Crippen LogP) is 2.89. The predicted molar refractivity (Wildman–Crippen MR) is 93.7 cm³/mol. The van der Waals surface area contributed by atoms with Gasteiger partial charge in [0.25, 0.3) is 0 Å². The van der Waals surface area contributed by atoms with Crippen molar-refractivity contribution in [2.75, 3.05) is 5.75 Å². The van der Waals surface area contributed by atoms with Crippen molar-refractivity contribution in [3.05, 3.63) is 60.4 Å². The number of sulfone groups is 1. The van der Waals surface area contributed by atoms with Gasteiger partial charge < -0.3 is 10.2 Å². The van der Waals surface area contributed by atoms with Crippen LogP contribution in [0.3, 0.4) is 0 Å². The lowest BCUT2D eigenvalue weighted by Gasteiger charge is -2.02. The van der Waals surface area contributed by atoms with Crippen molar-refractivity contribution < 1.29 is 22.0 Å². The second-order valence-electron chi connectivity index (χ2n) is 5.19. The average molecular weight is 392 g/mol. The van der Waals surface area contributed by atoms with E-state index in [1.165, 1.54) is 0 Å². The third kappa shape index (κ3) is 3.78. The number of oxazole rings is 1. The summed E-state index contributed by atoms with van der Waals surface area (Å²) in [5.41, 5.74) is 5.71. The van der Waals surface area contributed by atoms with Gasteiger partial charge in [0.15, 0.2) is 0 Å². The molecule has 0 aliphatic rings. The Morgan fingerprint density at radius 1 is 1.12 bits per heavy atom. The highest BCUT2D eigenvalue weighted by molar-refractivity contribution is 8.00. The molecular weight excluding hydrogens is 379 g/mol. The minimum atomic E-state index is -4.07. The molecular formula is C17H13FN2O4S2. The van der Waals surface area contributed by atoms with E-state index in [9.17, 15) is 17.6 Å². The van der Waals surface area contributed by atoms with Crippen LogP contribution in [-0.4, -0.2) is 25.1 Å². The smallest absolute Gasteiger partial charge is 0.228 e. The number of benzene rings is 2. The van der Waals surface area contributed by atoms with Crippen molar-refractivity contribution in [2.45, 2.75) is 15.0 Å². The first kappa shape index (κ1) is 18.2. The number of rotatable bonds is 6. The summed E-state index contributed by atoms with van der Waals surface area (Å²) < 4.78 is 44.4. The summed E-state index contributed by atoms with van der Waals surface area (Å²) in [6.45, 7) is 0. The van der Waals surface area contributed by atoms with Crippen LogP contribution in [0.2, 0.25) is 0 Å². The van der Waals surface area contributed by atoms with Gasteiger partial charge in [-0.1, -0.05) is 30.0 Å². The number of thioether (sulfide) groups is 1. The molecule has 9 heteroatoms. The number of nitrogens with zero attached hydrogens (tertiary/aromatic N) is 1. The normalized spacial score (nSPS) is 11.4. The van der Waals surface area contributed by atoms with Crippen LogP contribution in [0.15, 0.2) is 74.0 Å². The molecule has 0 aliphatic carbocycles. The molecule has 3 aromatic rings. The molecule has 0 saturated carbocycles. The molecule has 0 aliphatic heterocycles. The van der Waals surface area contributed by atoms with Gasteiger partial charge in [0.2, 0.25) is 31.8 Å². The lowest BCUT2D eigenvalue weighted by atomic mass is 10.2. The Morgan fingerprint density at radius 2 is 1.77 bits per heavy atom. The molecule has 26 heavy (non-hydrogen) atoms. The van der Waals surface area contributed by atoms with Gasteiger partial charge in [-0.25, -0.2) is 12.8 Å². The monoisotopic (exact) mass is 392 g/mol. The number of primary amides is 1. The van der Waals surface area contributed by atoms with Crippen LogP contribution in [0.1, 0.15) is 0 Å². The zero-order valence-electron chi connectivity index (χ0n) is 13.3. The van der Waals surface area contributed by atoms with E-state index >= 15 is 0 Å². The van der Waals surface area contributed by atoms with Crippen LogP contribution in [0, 0.1) is 5.82 Å². The Hall–Kier alpha value is -2.65. The quantitative estimate of drug-likeness (QED) is 0.511. The van der Waals surface area contributed by atoms with E-state index in [2.05, 4.69) is 4.98 Å². The molecule has 3 rings (SSSR count). The van der Waals surface area contributed by atoms with E-state index in [-0.39, 0.29) is 26.7 Å². The van der Waals surface area contributed by atoms with Crippen LogP contribution in [0.25, 0.3) is 11.5 Å². The van der Waals surface area contributed by atoms with Gasteiger partial charge in [-0.2, -0.15) is 4.98 Å². The molecule has 0 saturated heterocycles. The number of hydrogen-bond donors (Lipinski definition) is 1. The van der Waals surface area contributed by atoms with E-state index < -0.39 is 21.6 Å². The summed E-state index contributed by atoms with van der Waals surface area (Å²) in [6.07, 6.45) is 0. The van der Waals surface area contributed by atoms with Gasteiger partial charge in [0, 0.05) is 5.56 Å². The lowest BCUT2D eigenvalue weighted by Crippen LogP contribution is -2.13. The molecule has 0 radical (unpaired) electrons. The number of aromatic nitrogens is 1. The second-order valence-corrected chi connectivity index (χ2v) is 8.00. The Balaban J connectivity index is 2.10. The minimum absolute atomic E-state index is 0.0491. The molecule has 134 valence electrons. The van der Waals surface area contributed by atoms with Crippen molar-refractivity contribution in [3.63, 3.8) is 0 Å². The standard InChI is InChI=1S/C17H13FN2O4S2/c18-12-6-8-13(9-7-12)26(22,23)16-17(25-10-14(19)21)24-15(20-16)11-4-2-1-3-5-11/h1-9H,10H2,(H2,19,21). The third-order valence-electron chi connectivity index (χ3n) is 3.31. The zero-order chi connectivity index (χ0) is 18.7. The van der Waals surface area contributed by atoms with E-state index in [0.29, 0.717) is 5.56 Å². The van der Waals surface area contributed by atoms with Crippen LogP contribution < -0.4 is 5.73 Å². The Morgan fingerprint density at radius 3 is 2.38 bits per heavy atom. The first-order valence-corrected chi connectivity index (χ1v) is 9.83. The van der Waals surface area contributed by atoms with Crippen molar-refractivity contribution in [1.29, 1.82) is 0 Å². The van der Waals surface area contributed by atoms with E-state index in [4.69, 9.17) is 10.2 Å². The molecule has 0 fully saturated rings. The Labute approximate surface area is 153 Å². The highest BCUT2D eigenvalue weighted by Crippen LogP contribution is 2.34. The van der Waals surface area contributed by atoms with E-state index in [1.54, 1.807) is 30.3 Å². The summed E-state index contributed by atoms with van der Waals surface area (Å²) in [5.74, 6) is -1.26. The molecule has 1 aromatic heterocycles. The van der Waals surface area contributed by atoms with E-state index in [0.717, 1.165) is 36.0 Å². The van der Waals surface area contributed by atoms with Crippen LogP contribution in [-0.2, 0) is 14.6 Å². The first-order chi connectivity index (χ1) is 12.4. The van der Waals surface area contributed by atoms with Crippen molar-refractivity contribution >= 4 is 27.5 Å². The van der Waals surface area contributed by atoms with Gasteiger partial charge >= 0.3 is 0 Å². The number of amides is 1. The number of hydrogen-bond acceptors (Lipinski definition) is 6. The van der Waals surface area contributed by atoms with Crippen LogP contribution >= 0.6 is 11.8 Å². The fraction of sp³-hybridized carbons (Fsp3) is 0.0588. The fourth-order valence-corrected chi connectivity index (χ4v) is 4.39. The highest BCUT2D eigenvalue weighted by atomic mass is 32.2. The summed E-state index contributed by atoms with van der Waals surface area (Å²) in [4.78, 5) is 15.0. The molecule has 0 atom stereocenters. The largest absolute Gasteiger partial charge is 0.428 e. The van der Waals surface area contributed by atoms with Crippen molar-refractivity contribution in [2.24, 2.45) is 5.73 Å². The summed E-state index contributed by atoms with van der Waals surface area (Å²) in [5, 5.41) is -0.388. The molecule has 2 N–H and O–H groups in total. The Kier molecular flexibility index (Phi) is 5.10. The molecule has 1 amide bonds. The van der Waals surface area contributed by atoms with Gasteiger partial charge in [-0.15, -0.1) is 0 Å². The number of carbonyl (C=O) groups excluding carboxylic acids is 1. The van der Waals surface area contributed by atoms with Gasteiger partial charge in [0.1, 0.15) is 5.82 Å². The lowest BCUT2D eigenvalue weighted by molar-refractivity contribution is -0.115. The third-order valence-corrected chi connectivity index (χ3v) is 6.09. The molecule has 0 bridgehead atoms. The summed E-state index contributed by atoms with van der Waals surface area (Å²) in [7, 11) is -4.07. The first-order valence-electron chi connectivity index (χ1n) is 7.36. The van der Waals surface area contributed by atoms with Gasteiger partial charge in [-0.05, 0) is 36.4 Å². The number of nitrogens with two attached hydrogens (primary N) is 1. The maximum absolute atomic E-state index is 13.1. The average Bonchev–Trinajstić information content (AvgIpc) is 3.06. The van der Waals surface area contributed by atoms with Crippen LogP contribution in [0.5, 0.6) is 0 Å². The maximum atomic E-state index is 13.1. The number of halogens is 1. The molecule has 6 nitrogen and oxygen atoms in total. The van der Waals surface area contributed by atoms with Gasteiger partial charge in [-0.3, -0.25) is 4.79 Å². The maximum Gasteiger partial charge on any atom is 0.228 e. The Bertz CT molecular complexity index is 1030. The summed E-state index contributed by atoms with van der Waals surface area (Å²) in [6, 6.07) is 13.1. The highest BCUT2D eigenvalue weighted by Gasteiger charge is 2.29.